The van der Waals surface area contributed by atoms with Crippen molar-refractivity contribution in [2.24, 2.45) is 4.99 Å². The Morgan fingerprint density at radius 2 is 1.81 bits per heavy atom. The Morgan fingerprint density at radius 1 is 1.06 bits per heavy atom. The average Bonchev–Trinajstić information content (AvgIpc) is 2.30. The molecule has 0 saturated carbocycles. The van der Waals surface area contributed by atoms with Crippen LogP contribution in [0.1, 0.15) is 31.2 Å². The number of aliphatic hydroxyl groups excluding tert-OH is 1. The van der Waals surface area contributed by atoms with Gasteiger partial charge in [0, 0.05) is 24.9 Å². The second-order valence-corrected chi connectivity index (χ2v) is 3.73. The van der Waals surface area contributed by atoms with E-state index in [9.17, 15) is 5.11 Å². The summed E-state index contributed by atoms with van der Waals surface area (Å²) in [6.07, 6.45) is 5.77. The molecule has 0 aliphatic rings. The maximum absolute atomic E-state index is 9.46. The van der Waals surface area contributed by atoms with Crippen LogP contribution in [0.25, 0.3) is 0 Å². The van der Waals surface area contributed by atoms with Gasteiger partial charge in [-0.3, -0.25) is 4.99 Å². The number of aliphatic hydroxyl groups is 1. The monoisotopic (exact) mass is 221 g/mol. The van der Waals surface area contributed by atoms with Crippen molar-refractivity contribution in [1.29, 1.82) is 0 Å². The van der Waals surface area contributed by atoms with Crippen LogP contribution in [0.5, 0.6) is 5.75 Å². The first-order chi connectivity index (χ1) is 7.84. The van der Waals surface area contributed by atoms with Gasteiger partial charge in [-0.2, -0.15) is 0 Å². The van der Waals surface area contributed by atoms with Crippen molar-refractivity contribution >= 4 is 6.21 Å². The van der Waals surface area contributed by atoms with E-state index >= 15 is 0 Å². The lowest BCUT2D eigenvalue weighted by atomic mass is 10.2. The van der Waals surface area contributed by atoms with Gasteiger partial charge in [-0.1, -0.05) is 25.0 Å². The zero-order valence-electron chi connectivity index (χ0n) is 9.47. The van der Waals surface area contributed by atoms with E-state index in [1.165, 1.54) is 0 Å². The molecule has 0 aromatic heterocycles. The highest BCUT2D eigenvalue weighted by Crippen LogP contribution is 2.12. The van der Waals surface area contributed by atoms with E-state index in [0.717, 1.165) is 37.8 Å². The molecule has 0 unspecified atom stereocenters. The predicted molar refractivity (Wildman–Crippen MR) is 66.1 cm³/mol. The number of para-hydroxylation sites is 1. The number of hydrogen-bond donors (Lipinski definition) is 2. The van der Waals surface area contributed by atoms with Crippen LogP contribution in [0.4, 0.5) is 0 Å². The smallest absolute Gasteiger partial charge is 0.124 e. The normalized spacial score (nSPS) is 11.1. The Labute approximate surface area is 96.5 Å². The third-order valence-corrected chi connectivity index (χ3v) is 2.36. The van der Waals surface area contributed by atoms with Crippen molar-refractivity contribution in [2.75, 3.05) is 13.2 Å². The quantitative estimate of drug-likeness (QED) is 0.548. The molecule has 16 heavy (non-hydrogen) atoms. The Bertz CT molecular complexity index is 323. The topological polar surface area (TPSA) is 52.8 Å². The molecule has 88 valence electrons. The minimum absolute atomic E-state index is 0.270. The maximum Gasteiger partial charge on any atom is 0.124 e. The van der Waals surface area contributed by atoms with Crippen molar-refractivity contribution in [3.8, 4) is 5.75 Å². The lowest BCUT2D eigenvalue weighted by Crippen LogP contribution is -1.87. The third kappa shape index (κ3) is 4.94. The van der Waals surface area contributed by atoms with Gasteiger partial charge in [-0.05, 0) is 25.0 Å². The molecule has 0 amide bonds. The van der Waals surface area contributed by atoms with Gasteiger partial charge < -0.3 is 10.2 Å². The summed E-state index contributed by atoms with van der Waals surface area (Å²) in [4.78, 5) is 4.25. The molecule has 0 fully saturated rings. The second kappa shape index (κ2) is 7.88. The van der Waals surface area contributed by atoms with Crippen LogP contribution >= 0.6 is 0 Å². The summed E-state index contributed by atoms with van der Waals surface area (Å²) in [5.74, 6) is 0.270. The molecule has 0 radical (unpaired) electrons. The summed E-state index contributed by atoms with van der Waals surface area (Å²) in [5, 5.41) is 18.1. The molecule has 0 heterocycles. The summed E-state index contributed by atoms with van der Waals surface area (Å²) in [6, 6.07) is 7.16. The highest BCUT2D eigenvalue weighted by Gasteiger charge is 1.94. The van der Waals surface area contributed by atoms with Gasteiger partial charge in [0.25, 0.3) is 0 Å². The lowest BCUT2D eigenvalue weighted by Gasteiger charge is -1.98. The number of aliphatic imine (C=N–C) groups is 1. The molecule has 0 bridgehead atoms. The Balaban J connectivity index is 2.20. The van der Waals surface area contributed by atoms with Gasteiger partial charge in [0.15, 0.2) is 0 Å². The van der Waals surface area contributed by atoms with Gasteiger partial charge in [-0.15, -0.1) is 0 Å². The number of unbranched alkanes of at least 4 members (excludes halogenated alkanes) is 3. The van der Waals surface area contributed by atoms with Crippen molar-refractivity contribution in [1.82, 2.24) is 0 Å². The van der Waals surface area contributed by atoms with Gasteiger partial charge in [0.05, 0.1) is 0 Å². The SMILES string of the molecule is OCCCCCCN=Cc1ccccc1O. The van der Waals surface area contributed by atoms with Crippen LogP contribution in [0.15, 0.2) is 29.3 Å². The highest BCUT2D eigenvalue weighted by molar-refractivity contribution is 5.83. The number of hydrogen-bond acceptors (Lipinski definition) is 3. The van der Waals surface area contributed by atoms with E-state index in [1.54, 1.807) is 18.3 Å². The summed E-state index contributed by atoms with van der Waals surface area (Å²) < 4.78 is 0. The van der Waals surface area contributed by atoms with E-state index in [1.807, 2.05) is 12.1 Å². The molecule has 0 aliphatic carbocycles. The van der Waals surface area contributed by atoms with Gasteiger partial charge in [-0.25, -0.2) is 0 Å². The van der Waals surface area contributed by atoms with Crippen molar-refractivity contribution in [2.45, 2.75) is 25.7 Å². The molecule has 2 N–H and O–H groups in total. The minimum Gasteiger partial charge on any atom is -0.507 e. The lowest BCUT2D eigenvalue weighted by molar-refractivity contribution is 0.282. The van der Waals surface area contributed by atoms with E-state index in [2.05, 4.69) is 4.99 Å². The number of aromatic hydroxyl groups is 1. The molecule has 1 aromatic rings. The zero-order chi connectivity index (χ0) is 11.6. The summed E-state index contributed by atoms with van der Waals surface area (Å²) in [5.41, 5.74) is 0.762. The number of nitrogens with zero attached hydrogens (tertiary/aromatic N) is 1. The minimum atomic E-state index is 0.270. The van der Waals surface area contributed by atoms with E-state index in [-0.39, 0.29) is 12.4 Å². The summed E-state index contributed by atoms with van der Waals surface area (Å²) >= 11 is 0. The maximum atomic E-state index is 9.46. The van der Waals surface area contributed by atoms with Crippen LogP contribution in [-0.4, -0.2) is 29.6 Å². The van der Waals surface area contributed by atoms with Crippen LogP contribution in [0.3, 0.4) is 0 Å². The van der Waals surface area contributed by atoms with Crippen LogP contribution in [0.2, 0.25) is 0 Å². The molecule has 3 heteroatoms. The van der Waals surface area contributed by atoms with E-state index < -0.39 is 0 Å². The molecule has 0 atom stereocenters. The van der Waals surface area contributed by atoms with E-state index in [0.29, 0.717) is 0 Å². The largest absolute Gasteiger partial charge is 0.507 e. The highest BCUT2D eigenvalue weighted by atomic mass is 16.3. The summed E-state index contributed by atoms with van der Waals surface area (Å²) in [7, 11) is 0. The molecular weight excluding hydrogens is 202 g/mol. The van der Waals surface area contributed by atoms with E-state index in [4.69, 9.17) is 5.11 Å². The van der Waals surface area contributed by atoms with Gasteiger partial charge >= 0.3 is 0 Å². The van der Waals surface area contributed by atoms with Crippen molar-refractivity contribution in [3.63, 3.8) is 0 Å². The molecule has 0 aliphatic heterocycles. The first-order valence-electron chi connectivity index (χ1n) is 5.73. The summed E-state index contributed by atoms with van der Waals surface area (Å²) in [6.45, 7) is 1.06. The second-order valence-electron chi connectivity index (χ2n) is 3.73. The Kier molecular flexibility index (Phi) is 6.26. The predicted octanol–water partition coefficient (Wildman–Crippen LogP) is 2.36. The molecule has 0 saturated heterocycles. The average molecular weight is 221 g/mol. The number of phenolic OH excluding ortho intramolecular Hbond substituents is 1. The fourth-order valence-corrected chi connectivity index (χ4v) is 1.43. The third-order valence-electron chi connectivity index (χ3n) is 2.36. The standard InChI is InChI=1S/C13H19NO2/c15-10-6-2-1-5-9-14-11-12-7-3-4-8-13(12)16/h3-4,7-8,11,15-16H,1-2,5-6,9-10H2. The van der Waals surface area contributed by atoms with Crippen LogP contribution in [0, 0.1) is 0 Å². The molecule has 3 nitrogen and oxygen atoms in total. The number of benzene rings is 1. The van der Waals surface area contributed by atoms with Crippen molar-refractivity contribution in [3.05, 3.63) is 29.8 Å². The zero-order valence-corrected chi connectivity index (χ0v) is 9.47. The van der Waals surface area contributed by atoms with Gasteiger partial charge in [0.2, 0.25) is 0 Å². The molecule has 0 spiro atoms. The number of rotatable bonds is 7. The fraction of sp³-hybridized carbons (Fsp3) is 0.462. The first kappa shape index (κ1) is 12.7. The molecule has 1 rings (SSSR count). The first-order valence-corrected chi connectivity index (χ1v) is 5.73. The van der Waals surface area contributed by atoms with Crippen LogP contribution in [-0.2, 0) is 0 Å². The molecule has 1 aromatic carbocycles. The van der Waals surface area contributed by atoms with Gasteiger partial charge in [0.1, 0.15) is 5.75 Å². The van der Waals surface area contributed by atoms with Crippen molar-refractivity contribution < 1.29 is 10.2 Å². The molecular formula is C13H19NO2. The number of phenols is 1. The fourth-order valence-electron chi connectivity index (χ4n) is 1.43. The Morgan fingerprint density at radius 3 is 2.56 bits per heavy atom. The van der Waals surface area contributed by atoms with Crippen LogP contribution < -0.4 is 0 Å². The Hall–Kier alpha value is -1.35.